The molecule has 0 aromatic rings. The van der Waals surface area contributed by atoms with Crippen LogP contribution in [0.3, 0.4) is 0 Å². The van der Waals surface area contributed by atoms with E-state index in [4.69, 9.17) is 0 Å². The van der Waals surface area contributed by atoms with Crippen LogP contribution in [0.5, 0.6) is 0 Å². The van der Waals surface area contributed by atoms with Crippen LogP contribution in [0.1, 0.15) is 64.2 Å². The lowest BCUT2D eigenvalue weighted by Gasteiger charge is -2.50. The lowest BCUT2D eigenvalue weighted by molar-refractivity contribution is -0.126. The van der Waals surface area contributed by atoms with Gasteiger partial charge in [-0.05, 0) is 75.8 Å². The number of halogens is 1. The van der Waals surface area contributed by atoms with E-state index in [9.17, 15) is 4.79 Å². The molecule has 0 radical (unpaired) electrons. The molecule has 0 aromatic carbocycles. The molecular formula is C18H31ClN2O. The number of piperidine rings is 1. The molecule has 126 valence electrons. The molecule has 4 unspecified atom stereocenters. The van der Waals surface area contributed by atoms with E-state index in [2.05, 4.69) is 10.2 Å². The number of hydrogen-bond acceptors (Lipinski definition) is 2. The van der Waals surface area contributed by atoms with Crippen molar-refractivity contribution >= 4 is 18.3 Å². The first kappa shape index (κ1) is 16.6. The van der Waals surface area contributed by atoms with Crippen molar-refractivity contribution in [3.63, 3.8) is 0 Å². The molecule has 4 rings (SSSR count). The molecule has 1 saturated heterocycles. The molecule has 4 bridgehead atoms. The maximum Gasteiger partial charge on any atom is 0.234 e. The van der Waals surface area contributed by atoms with Crippen molar-refractivity contribution in [1.29, 1.82) is 0 Å². The van der Waals surface area contributed by atoms with Crippen LogP contribution >= 0.6 is 12.4 Å². The van der Waals surface area contributed by atoms with E-state index in [0.29, 0.717) is 12.5 Å². The van der Waals surface area contributed by atoms with Crippen LogP contribution in [0.2, 0.25) is 0 Å². The Hall–Kier alpha value is -0.280. The monoisotopic (exact) mass is 326 g/mol. The van der Waals surface area contributed by atoms with Gasteiger partial charge < -0.3 is 5.32 Å². The Morgan fingerprint density at radius 3 is 2.68 bits per heavy atom. The zero-order valence-corrected chi connectivity index (χ0v) is 14.5. The third kappa shape index (κ3) is 3.03. The van der Waals surface area contributed by atoms with Crippen LogP contribution in [0.15, 0.2) is 0 Å². The summed E-state index contributed by atoms with van der Waals surface area (Å²) in [5.41, 5.74) is 0.183. The molecule has 0 spiro atoms. The van der Waals surface area contributed by atoms with Crippen molar-refractivity contribution in [3.05, 3.63) is 0 Å². The summed E-state index contributed by atoms with van der Waals surface area (Å²) in [6, 6.07) is 0. The number of carbonyl (C=O) groups is 1. The van der Waals surface area contributed by atoms with E-state index in [1.807, 2.05) is 0 Å². The van der Waals surface area contributed by atoms with Crippen molar-refractivity contribution < 1.29 is 4.79 Å². The van der Waals surface area contributed by atoms with Crippen LogP contribution in [-0.4, -0.2) is 36.0 Å². The van der Waals surface area contributed by atoms with E-state index in [0.717, 1.165) is 30.8 Å². The largest absolute Gasteiger partial charge is 0.349 e. The third-order valence-corrected chi connectivity index (χ3v) is 6.95. The van der Waals surface area contributed by atoms with Gasteiger partial charge in [0, 0.05) is 5.54 Å². The van der Waals surface area contributed by atoms with E-state index in [1.54, 1.807) is 0 Å². The van der Waals surface area contributed by atoms with Gasteiger partial charge in [0.05, 0.1) is 6.54 Å². The van der Waals surface area contributed by atoms with Crippen molar-refractivity contribution in [3.8, 4) is 0 Å². The van der Waals surface area contributed by atoms with E-state index < -0.39 is 0 Å². The molecule has 1 amide bonds. The summed E-state index contributed by atoms with van der Waals surface area (Å²) < 4.78 is 0. The molecule has 22 heavy (non-hydrogen) atoms. The minimum atomic E-state index is 0. The number of nitrogens with one attached hydrogen (secondary N) is 1. The van der Waals surface area contributed by atoms with Crippen molar-refractivity contribution in [2.45, 2.75) is 69.7 Å². The average Bonchev–Trinajstić information content (AvgIpc) is 2.95. The van der Waals surface area contributed by atoms with Crippen LogP contribution in [0, 0.1) is 17.8 Å². The van der Waals surface area contributed by atoms with Gasteiger partial charge in [-0.25, -0.2) is 0 Å². The van der Waals surface area contributed by atoms with E-state index in [-0.39, 0.29) is 17.9 Å². The van der Waals surface area contributed by atoms with Crippen LogP contribution in [-0.2, 0) is 4.79 Å². The zero-order chi connectivity index (χ0) is 14.3. The van der Waals surface area contributed by atoms with Gasteiger partial charge in [-0.2, -0.15) is 0 Å². The topological polar surface area (TPSA) is 32.3 Å². The van der Waals surface area contributed by atoms with Gasteiger partial charge in [0.2, 0.25) is 5.91 Å². The molecular weight excluding hydrogens is 296 g/mol. The summed E-state index contributed by atoms with van der Waals surface area (Å²) in [5, 5.41) is 3.56. The summed E-state index contributed by atoms with van der Waals surface area (Å²) in [5.74, 6) is 2.99. The fraction of sp³-hybridized carbons (Fsp3) is 0.944. The lowest BCUT2D eigenvalue weighted by atomic mass is 9.61. The molecule has 1 N–H and O–H groups in total. The van der Waals surface area contributed by atoms with E-state index >= 15 is 0 Å². The average molecular weight is 327 g/mol. The Morgan fingerprint density at radius 1 is 1.05 bits per heavy atom. The van der Waals surface area contributed by atoms with Gasteiger partial charge in [-0.3, -0.25) is 9.69 Å². The number of carbonyl (C=O) groups excluding carboxylic acids is 1. The molecule has 4 heteroatoms. The number of likely N-dealkylation sites (tertiary alicyclic amines) is 1. The molecule has 1 aliphatic heterocycles. The minimum Gasteiger partial charge on any atom is -0.349 e. The van der Waals surface area contributed by atoms with E-state index in [1.165, 1.54) is 64.2 Å². The van der Waals surface area contributed by atoms with Gasteiger partial charge in [-0.15, -0.1) is 12.4 Å². The second-order valence-electron chi connectivity index (χ2n) is 8.17. The first-order valence-electron chi connectivity index (χ1n) is 9.28. The smallest absolute Gasteiger partial charge is 0.234 e. The quantitative estimate of drug-likeness (QED) is 0.862. The second kappa shape index (κ2) is 6.68. The number of fused-ring (bicyclic) bond motifs is 6. The molecule has 4 fully saturated rings. The second-order valence-corrected chi connectivity index (χ2v) is 8.17. The van der Waals surface area contributed by atoms with Crippen molar-refractivity contribution in [2.24, 2.45) is 17.8 Å². The summed E-state index contributed by atoms with van der Waals surface area (Å²) in [6.45, 7) is 2.88. The Morgan fingerprint density at radius 2 is 1.86 bits per heavy atom. The Labute approximate surface area is 141 Å². The highest BCUT2D eigenvalue weighted by Crippen LogP contribution is 2.56. The number of amides is 1. The fourth-order valence-electron chi connectivity index (χ4n) is 5.92. The SMILES string of the molecule is Cl.O=C(CN1CCCCC1)NC12CCCC(C1)C1CCC2C1. The number of hydrogen-bond donors (Lipinski definition) is 1. The zero-order valence-electron chi connectivity index (χ0n) is 13.7. The molecule has 3 saturated carbocycles. The molecule has 3 aliphatic carbocycles. The van der Waals surface area contributed by atoms with Gasteiger partial charge in [0.1, 0.15) is 0 Å². The lowest BCUT2D eigenvalue weighted by Crippen LogP contribution is -2.59. The van der Waals surface area contributed by atoms with Gasteiger partial charge >= 0.3 is 0 Å². The predicted octanol–water partition coefficient (Wildman–Crippen LogP) is 3.37. The molecule has 0 aromatic heterocycles. The number of rotatable bonds is 3. The summed E-state index contributed by atoms with van der Waals surface area (Å²) in [4.78, 5) is 15.0. The summed E-state index contributed by atoms with van der Waals surface area (Å²) >= 11 is 0. The predicted molar refractivity (Wildman–Crippen MR) is 91.2 cm³/mol. The van der Waals surface area contributed by atoms with Crippen LogP contribution < -0.4 is 5.32 Å². The maximum absolute atomic E-state index is 12.6. The first-order valence-corrected chi connectivity index (χ1v) is 9.28. The highest BCUT2D eigenvalue weighted by atomic mass is 35.5. The highest BCUT2D eigenvalue weighted by molar-refractivity contribution is 5.85. The standard InChI is InChI=1S/C18H30N2O.ClH/c21-17(13-20-9-2-1-3-10-20)19-18-8-4-5-15(12-18)14-6-7-16(18)11-14;/h14-16H,1-13H2,(H,19,21);1H. The summed E-state index contributed by atoms with van der Waals surface area (Å²) in [7, 11) is 0. The number of nitrogens with zero attached hydrogens (tertiary/aromatic N) is 1. The third-order valence-electron chi connectivity index (χ3n) is 6.95. The Balaban J connectivity index is 0.00000144. The first-order chi connectivity index (χ1) is 10.3. The maximum atomic E-state index is 12.6. The normalized spacial score (nSPS) is 40.8. The van der Waals surface area contributed by atoms with Crippen LogP contribution in [0.25, 0.3) is 0 Å². The van der Waals surface area contributed by atoms with Crippen LogP contribution in [0.4, 0.5) is 0 Å². The fourth-order valence-corrected chi connectivity index (χ4v) is 5.92. The summed E-state index contributed by atoms with van der Waals surface area (Å²) in [6.07, 6.45) is 13.4. The highest BCUT2D eigenvalue weighted by Gasteiger charge is 2.53. The molecule has 4 atom stereocenters. The molecule has 3 nitrogen and oxygen atoms in total. The van der Waals surface area contributed by atoms with Crippen molar-refractivity contribution in [2.75, 3.05) is 19.6 Å². The molecule has 4 aliphatic rings. The Kier molecular flexibility index (Phi) is 5.04. The minimum absolute atomic E-state index is 0. The van der Waals surface area contributed by atoms with Gasteiger partial charge in [-0.1, -0.05) is 19.3 Å². The van der Waals surface area contributed by atoms with Gasteiger partial charge in [0.15, 0.2) is 0 Å². The van der Waals surface area contributed by atoms with Gasteiger partial charge in [0.25, 0.3) is 0 Å². The Bertz CT molecular complexity index is 410. The molecule has 1 heterocycles. The van der Waals surface area contributed by atoms with Crippen molar-refractivity contribution in [1.82, 2.24) is 10.2 Å².